The van der Waals surface area contributed by atoms with Gasteiger partial charge in [0.15, 0.2) is 0 Å². The number of ether oxygens (including phenoxy) is 2. The number of carbonyl (C=O) groups excluding carboxylic acids is 8. The van der Waals surface area contributed by atoms with E-state index in [1.165, 1.54) is 58.9 Å². The van der Waals surface area contributed by atoms with Crippen molar-refractivity contribution in [2.45, 2.75) is 169 Å². The normalized spacial score (nSPS) is 11.1. The molecule has 456 valence electrons. The molecule has 0 aromatic heterocycles. The Bertz CT molecular complexity index is 1960. The number of carboxylic acid groups (broad SMARTS) is 4. The quantitative estimate of drug-likeness (QED) is 0.0195. The average Bonchev–Trinajstić information content (AvgIpc) is 3.43. The maximum Gasteiger partial charge on any atom is 0.334 e. The standard InChI is InChI=1S/C29H48N6O14.C7H5O.3C4H9.2C3H6O2.Sn/c1-30-12-4-3-6-21(29(45)46)34-24(39)19-32-28(44)20(8-9-26(41)42)33-23(38)18-31-22(37)10-14-47-16-17-48-15-11-27(43)49-35(2)25(40)7-5-13-36;8-6-7-4-2-1-3-5-7;3*1-3-4-2;2*1-2-3(4)5;/h13,20-21,30H,3-12,14-19H2,1-2H3,(H,31,37)(H,32,44)(H,33,38)(H,34,39)(H,41,42)(H,45,46);1-2,4-6H;3*1,3-4H2,2H3;2*2H2,1H3,(H,4,5);. The summed E-state index contributed by atoms with van der Waals surface area (Å²) in [5, 5.41) is 46.6. The van der Waals surface area contributed by atoms with E-state index in [9.17, 15) is 62.6 Å². The predicted octanol–water partition coefficient (Wildman–Crippen LogP) is 3.75. The Kier molecular flexibility index (Phi) is 49.9. The van der Waals surface area contributed by atoms with Gasteiger partial charge in [-0.25, -0.2) is 9.59 Å². The molecule has 0 aliphatic rings. The monoisotopic (exact) mass is 1250 g/mol. The summed E-state index contributed by atoms with van der Waals surface area (Å²) in [6, 6.07) is 6.10. The molecule has 0 spiro atoms. The number of carboxylic acids is 4. The van der Waals surface area contributed by atoms with Gasteiger partial charge < -0.3 is 66.1 Å². The largest absolute Gasteiger partial charge is 0.481 e. The Morgan fingerprint density at radius 2 is 1.15 bits per heavy atom. The Balaban J connectivity index is -0.00000155. The SMILES string of the molecule is CCC(=O)O.CCC(=O)O.CCC[CH2][Sn]([CH2]CCC)([CH2]CCC)[c]1cccc(C=O)c1.CNCCCCC(NC(=O)CNC(=O)C(CCC(=O)O)NC(=O)CNC(=O)CCOCCOCCC(=O)ON(C)C(=O)CCC=O)C(=O)O. The van der Waals surface area contributed by atoms with Crippen molar-refractivity contribution in [2.75, 3.05) is 60.2 Å². The first-order chi connectivity index (χ1) is 38.1. The number of hydrogen-bond acceptors (Lipinski definition) is 16. The summed E-state index contributed by atoms with van der Waals surface area (Å²) in [4.78, 5) is 140. The average molecular weight is 1250 g/mol. The topological polar surface area (TPSA) is 377 Å². The molecule has 25 nitrogen and oxygen atoms in total. The Hall–Kier alpha value is -6.06. The molecule has 9 N–H and O–H groups in total. The number of benzene rings is 1. The number of rotatable bonds is 41. The fourth-order valence-electron chi connectivity index (χ4n) is 7.02. The molecule has 1 aromatic carbocycles. The van der Waals surface area contributed by atoms with Crippen LogP contribution in [0.4, 0.5) is 0 Å². The van der Waals surface area contributed by atoms with E-state index in [-0.39, 0.29) is 77.8 Å². The second-order valence-electron chi connectivity index (χ2n) is 18.2. The number of aldehydes is 2. The number of carbonyl (C=O) groups is 12. The maximum absolute atomic E-state index is 12.6. The Morgan fingerprint density at radius 1 is 0.625 bits per heavy atom. The molecule has 5 amide bonds. The van der Waals surface area contributed by atoms with Crippen LogP contribution in [-0.2, 0) is 67.1 Å². The molecule has 0 saturated carbocycles. The van der Waals surface area contributed by atoms with Crippen LogP contribution in [0.1, 0.15) is 154 Å². The molecule has 2 atom stereocenters. The summed E-state index contributed by atoms with van der Waals surface area (Å²) < 4.78 is 16.5. The number of amides is 5. The molecule has 80 heavy (non-hydrogen) atoms. The van der Waals surface area contributed by atoms with Crippen LogP contribution in [0.15, 0.2) is 24.3 Å². The van der Waals surface area contributed by atoms with E-state index in [1.54, 1.807) is 24.5 Å². The molecule has 0 bridgehead atoms. The predicted molar refractivity (Wildman–Crippen MR) is 299 cm³/mol. The Morgan fingerprint density at radius 3 is 1.62 bits per heavy atom. The first kappa shape index (κ1) is 78.2. The zero-order valence-electron chi connectivity index (χ0n) is 48.1. The summed E-state index contributed by atoms with van der Waals surface area (Å²) in [5.74, 6) is -8.23. The van der Waals surface area contributed by atoms with Crippen molar-refractivity contribution < 1.29 is 92.3 Å². The van der Waals surface area contributed by atoms with E-state index in [2.05, 4.69) is 65.6 Å². The van der Waals surface area contributed by atoms with Gasteiger partial charge in [-0.2, -0.15) is 5.06 Å². The van der Waals surface area contributed by atoms with Gasteiger partial charge in [-0.3, -0.25) is 38.4 Å². The molecule has 0 radical (unpaired) electrons. The van der Waals surface area contributed by atoms with Crippen LogP contribution in [0.3, 0.4) is 0 Å². The molecule has 0 aliphatic heterocycles. The third-order valence-corrected chi connectivity index (χ3v) is 27.2. The van der Waals surface area contributed by atoms with Crippen molar-refractivity contribution in [2.24, 2.45) is 0 Å². The molecule has 0 aliphatic carbocycles. The van der Waals surface area contributed by atoms with Crippen molar-refractivity contribution in [3.63, 3.8) is 0 Å². The van der Waals surface area contributed by atoms with Gasteiger partial charge in [0.2, 0.25) is 23.6 Å². The second kappa shape index (κ2) is 51.1. The van der Waals surface area contributed by atoms with E-state index >= 15 is 0 Å². The third kappa shape index (κ3) is 43.8. The van der Waals surface area contributed by atoms with Crippen LogP contribution in [0.5, 0.6) is 0 Å². The van der Waals surface area contributed by atoms with Gasteiger partial charge in [0.25, 0.3) is 5.91 Å². The molecular weight excluding hydrogens is 1160 g/mol. The van der Waals surface area contributed by atoms with Gasteiger partial charge in [-0.05, 0) is 39.3 Å². The van der Waals surface area contributed by atoms with Crippen molar-refractivity contribution in [1.29, 1.82) is 0 Å². The second-order valence-corrected chi connectivity index (χ2v) is 31.5. The van der Waals surface area contributed by atoms with Crippen LogP contribution < -0.4 is 30.2 Å². The van der Waals surface area contributed by atoms with Gasteiger partial charge in [0.05, 0.1) is 45.9 Å². The van der Waals surface area contributed by atoms with Crippen molar-refractivity contribution in [3.05, 3.63) is 29.8 Å². The number of nitrogens with zero attached hydrogens (tertiary/aromatic N) is 1. The number of hydroxylamine groups is 2. The zero-order chi connectivity index (χ0) is 61.2. The van der Waals surface area contributed by atoms with E-state index in [0.29, 0.717) is 25.7 Å². The fourth-order valence-corrected chi connectivity index (χ4v) is 23.1. The third-order valence-electron chi connectivity index (χ3n) is 11.6. The van der Waals surface area contributed by atoms with Gasteiger partial charge in [-0.15, -0.1) is 0 Å². The molecule has 0 heterocycles. The molecule has 0 saturated heterocycles. The summed E-state index contributed by atoms with van der Waals surface area (Å²) >= 11 is -2.32. The van der Waals surface area contributed by atoms with E-state index in [4.69, 9.17) is 29.6 Å². The van der Waals surface area contributed by atoms with Crippen LogP contribution in [0.25, 0.3) is 0 Å². The number of nitrogens with one attached hydrogen (secondary N) is 5. The van der Waals surface area contributed by atoms with Gasteiger partial charge in [0, 0.05) is 45.6 Å². The van der Waals surface area contributed by atoms with Crippen LogP contribution in [0.2, 0.25) is 13.3 Å². The molecule has 1 rings (SSSR count). The summed E-state index contributed by atoms with van der Waals surface area (Å²) in [6.45, 7) is 9.75. The summed E-state index contributed by atoms with van der Waals surface area (Å²) in [6.07, 6.45) is 10.3. The molecule has 1 aromatic rings. The minimum Gasteiger partial charge on any atom is -0.481 e. The van der Waals surface area contributed by atoms with Gasteiger partial charge in [-0.1, -0.05) is 13.8 Å². The summed E-state index contributed by atoms with van der Waals surface area (Å²) in [5.41, 5.74) is 0.873. The van der Waals surface area contributed by atoms with Crippen molar-refractivity contribution >= 4 is 93.9 Å². The molecule has 26 heteroatoms. The van der Waals surface area contributed by atoms with E-state index < -0.39 is 109 Å². The first-order valence-electron chi connectivity index (χ1n) is 27.3. The smallest absolute Gasteiger partial charge is 0.334 e. The fraction of sp³-hybridized carbons (Fsp3) is 0.667. The number of unbranched alkanes of at least 4 members (excludes halogenated alkanes) is 4. The molecular formula is C54H92N6O19Sn. The van der Waals surface area contributed by atoms with Crippen LogP contribution >= 0.6 is 0 Å². The van der Waals surface area contributed by atoms with Crippen molar-refractivity contribution in [1.82, 2.24) is 31.6 Å². The zero-order valence-corrected chi connectivity index (χ0v) is 50.9. The minimum atomic E-state index is -2.32. The van der Waals surface area contributed by atoms with E-state index in [1.807, 2.05) is 6.07 Å². The van der Waals surface area contributed by atoms with Crippen molar-refractivity contribution in [3.8, 4) is 0 Å². The minimum absolute atomic E-state index is 0.0142. The van der Waals surface area contributed by atoms with Gasteiger partial charge in [0.1, 0.15) is 18.4 Å². The van der Waals surface area contributed by atoms with Crippen LogP contribution in [-0.4, -0.2) is 188 Å². The maximum atomic E-state index is 12.6. The summed E-state index contributed by atoms with van der Waals surface area (Å²) in [7, 11) is 3.01. The van der Waals surface area contributed by atoms with Gasteiger partial charge >= 0.3 is 165 Å². The van der Waals surface area contributed by atoms with Crippen LogP contribution in [0, 0.1) is 0 Å². The van der Waals surface area contributed by atoms with E-state index in [0.717, 1.165) is 16.9 Å². The molecule has 2 unspecified atom stereocenters. The molecule has 0 fully saturated rings. The first-order valence-corrected chi connectivity index (χ1v) is 34.8. The Labute approximate surface area is 475 Å². The number of hydrogen-bond donors (Lipinski definition) is 9. The number of aliphatic carboxylic acids is 4.